The van der Waals surface area contributed by atoms with Crippen molar-refractivity contribution < 1.29 is 9.18 Å². The summed E-state index contributed by atoms with van der Waals surface area (Å²) in [7, 11) is 1.55. The highest BCUT2D eigenvalue weighted by atomic mass is 19.1. The first-order valence-electron chi connectivity index (χ1n) is 4.52. The molecule has 0 bridgehead atoms. The predicted octanol–water partition coefficient (Wildman–Crippen LogP) is -0.0637. The fourth-order valence-electron chi connectivity index (χ4n) is 1.48. The van der Waals surface area contributed by atoms with Crippen LogP contribution in [0.4, 0.5) is 15.9 Å². The molecule has 6 heteroatoms. The van der Waals surface area contributed by atoms with Crippen LogP contribution in [-0.2, 0) is 4.79 Å². The van der Waals surface area contributed by atoms with Gasteiger partial charge in [-0.15, -0.1) is 0 Å². The van der Waals surface area contributed by atoms with Crippen molar-refractivity contribution >= 4 is 17.4 Å². The number of nitrogens with one attached hydrogen (secondary N) is 1. The van der Waals surface area contributed by atoms with Gasteiger partial charge in [0.15, 0.2) is 0 Å². The number of amides is 1. The number of nitrogens with two attached hydrogens (primary N) is 1. The molecular formula is C9H11FN4O. The van der Waals surface area contributed by atoms with Gasteiger partial charge in [0.25, 0.3) is 0 Å². The number of carbonyl (C=O) groups excluding carboxylic acids is 1. The lowest BCUT2D eigenvalue weighted by Crippen LogP contribution is -2.43. The molecule has 0 fully saturated rings. The van der Waals surface area contributed by atoms with Gasteiger partial charge >= 0.3 is 0 Å². The van der Waals surface area contributed by atoms with Crippen molar-refractivity contribution in [1.82, 2.24) is 4.98 Å². The number of likely N-dealkylation sites (N-methyl/N-ethyl adjacent to an activating group) is 1. The largest absolute Gasteiger partial charge is 0.366 e. The van der Waals surface area contributed by atoms with E-state index in [1.807, 2.05) is 0 Å². The van der Waals surface area contributed by atoms with E-state index in [0.29, 0.717) is 18.1 Å². The molecule has 80 valence electrons. The third-order valence-corrected chi connectivity index (χ3v) is 2.33. The van der Waals surface area contributed by atoms with Crippen molar-refractivity contribution in [2.24, 2.45) is 5.73 Å². The summed E-state index contributed by atoms with van der Waals surface area (Å²) in [6, 6.07) is 0.623. The van der Waals surface area contributed by atoms with Crippen molar-refractivity contribution in [2.45, 2.75) is 6.04 Å². The van der Waals surface area contributed by atoms with Crippen LogP contribution in [0.15, 0.2) is 12.3 Å². The van der Waals surface area contributed by atoms with Gasteiger partial charge in [0, 0.05) is 19.7 Å². The fraction of sp³-hybridized carbons (Fsp3) is 0.333. The van der Waals surface area contributed by atoms with Gasteiger partial charge in [0.05, 0.1) is 11.9 Å². The monoisotopic (exact) mass is 210 g/mol. The van der Waals surface area contributed by atoms with Gasteiger partial charge in [-0.25, -0.2) is 9.37 Å². The first-order chi connectivity index (χ1) is 7.09. The molecule has 0 aromatic carbocycles. The van der Waals surface area contributed by atoms with E-state index in [0.717, 1.165) is 6.20 Å². The number of hydrogen-bond donors (Lipinski definition) is 2. The first kappa shape index (κ1) is 9.85. The van der Waals surface area contributed by atoms with E-state index < -0.39 is 11.9 Å². The highest BCUT2D eigenvalue weighted by Gasteiger charge is 2.25. The number of aromatic nitrogens is 1. The Balaban J connectivity index is 2.48. The Kier molecular flexibility index (Phi) is 2.28. The smallest absolute Gasteiger partial charge is 0.245 e. The number of pyridine rings is 1. The van der Waals surface area contributed by atoms with Crippen molar-refractivity contribution in [3.63, 3.8) is 0 Å². The Hall–Kier alpha value is -1.69. The number of hydrogen-bond acceptors (Lipinski definition) is 4. The Morgan fingerprint density at radius 3 is 3.20 bits per heavy atom. The van der Waals surface area contributed by atoms with E-state index in [1.54, 1.807) is 7.05 Å². The van der Waals surface area contributed by atoms with E-state index in [4.69, 9.17) is 5.73 Å². The Labute approximate surface area is 86.1 Å². The minimum absolute atomic E-state index is 0.256. The van der Waals surface area contributed by atoms with E-state index in [9.17, 15) is 9.18 Å². The molecule has 2 heterocycles. The topological polar surface area (TPSA) is 71.2 Å². The van der Waals surface area contributed by atoms with E-state index >= 15 is 0 Å². The zero-order valence-electron chi connectivity index (χ0n) is 8.20. The lowest BCUT2D eigenvalue weighted by atomic mass is 10.3. The molecule has 1 unspecified atom stereocenters. The average Bonchev–Trinajstić information content (AvgIpc) is 2.32. The molecule has 1 aromatic rings. The highest BCUT2D eigenvalue weighted by molar-refractivity contribution is 6.00. The minimum Gasteiger partial charge on any atom is -0.366 e. The SMILES string of the molecule is CN1C(=O)C(N)CNc2ncc(F)cc21. The maximum absolute atomic E-state index is 13.0. The van der Waals surface area contributed by atoms with Crippen LogP contribution in [0.3, 0.4) is 0 Å². The van der Waals surface area contributed by atoms with Crippen LogP contribution in [0.2, 0.25) is 0 Å². The number of halogens is 1. The maximum Gasteiger partial charge on any atom is 0.245 e. The summed E-state index contributed by atoms with van der Waals surface area (Å²) in [6.07, 6.45) is 1.10. The van der Waals surface area contributed by atoms with E-state index in [2.05, 4.69) is 10.3 Å². The second-order valence-electron chi connectivity index (χ2n) is 3.41. The summed E-state index contributed by atoms with van der Waals surface area (Å²) >= 11 is 0. The van der Waals surface area contributed by atoms with Crippen molar-refractivity contribution in [2.75, 3.05) is 23.8 Å². The zero-order chi connectivity index (χ0) is 11.0. The second-order valence-corrected chi connectivity index (χ2v) is 3.41. The molecule has 15 heavy (non-hydrogen) atoms. The summed E-state index contributed by atoms with van der Waals surface area (Å²) in [5.41, 5.74) is 6.02. The van der Waals surface area contributed by atoms with Gasteiger partial charge in [-0.05, 0) is 0 Å². The molecule has 5 nitrogen and oxygen atoms in total. The summed E-state index contributed by atoms with van der Waals surface area (Å²) < 4.78 is 13.0. The third-order valence-electron chi connectivity index (χ3n) is 2.33. The molecular weight excluding hydrogens is 199 g/mol. The molecule has 0 spiro atoms. The minimum atomic E-state index is -0.632. The van der Waals surface area contributed by atoms with E-state index in [-0.39, 0.29) is 5.91 Å². The van der Waals surface area contributed by atoms with Crippen LogP contribution < -0.4 is 16.0 Å². The van der Waals surface area contributed by atoms with Gasteiger partial charge in [-0.3, -0.25) is 4.79 Å². The number of carbonyl (C=O) groups is 1. The van der Waals surface area contributed by atoms with Crippen LogP contribution in [0, 0.1) is 5.82 Å². The summed E-state index contributed by atoms with van der Waals surface area (Å²) in [6.45, 7) is 0.300. The maximum atomic E-state index is 13.0. The van der Waals surface area contributed by atoms with Crippen LogP contribution in [0.25, 0.3) is 0 Å². The zero-order valence-corrected chi connectivity index (χ0v) is 8.20. The highest BCUT2D eigenvalue weighted by Crippen LogP contribution is 2.25. The summed E-state index contributed by atoms with van der Waals surface area (Å²) in [5, 5.41) is 2.90. The second kappa shape index (κ2) is 3.47. The molecule has 1 amide bonds. The quantitative estimate of drug-likeness (QED) is 0.629. The van der Waals surface area contributed by atoms with Gasteiger partial charge in [-0.2, -0.15) is 0 Å². The number of fused-ring (bicyclic) bond motifs is 1. The molecule has 0 aliphatic carbocycles. The Bertz CT molecular complexity index is 409. The van der Waals surface area contributed by atoms with Gasteiger partial charge in [-0.1, -0.05) is 0 Å². The predicted molar refractivity (Wildman–Crippen MR) is 54.1 cm³/mol. The van der Waals surface area contributed by atoms with Gasteiger partial charge in [0.1, 0.15) is 17.7 Å². The number of rotatable bonds is 0. The lowest BCUT2D eigenvalue weighted by Gasteiger charge is -2.17. The van der Waals surface area contributed by atoms with Crippen LogP contribution in [0.5, 0.6) is 0 Å². The molecule has 3 N–H and O–H groups in total. The molecule has 0 saturated heterocycles. The molecule has 0 saturated carbocycles. The van der Waals surface area contributed by atoms with Crippen molar-refractivity contribution in [3.8, 4) is 0 Å². The van der Waals surface area contributed by atoms with Gasteiger partial charge < -0.3 is 16.0 Å². The standard InChI is InChI=1S/C9H11FN4O/c1-14-7-2-5(10)3-12-8(7)13-4-6(11)9(14)15/h2-3,6H,4,11H2,1H3,(H,12,13). The lowest BCUT2D eigenvalue weighted by molar-refractivity contribution is -0.119. The number of nitrogens with zero attached hydrogens (tertiary/aromatic N) is 2. The number of anilines is 2. The Morgan fingerprint density at radius 1 is 1.73 bits per heavy atom. The molecule has 1 aliphatic heterocycles. The van der Waals surface area contributed by atoms with Crippen molar-refractivity contribution in [1.29, 1.82) is 0 Å². The normalized spacial score (nSPS) is 20.6. The van der Waals surface area contributed by atoms with Crippen LogP contribution in [0.1, 0.15) is 0 Å². The first-order valence-corrected chi connectivity index (χ1v) is 4.52. The van der Waals surface area contributed by atoms with Crippen LogP contribution >= 0.6 is 0 Å². The molecule has 1 aliphatic rings. The van der Waals surface area contributed by atoms with Crippen molar-refractivity contribution in [3.05, 3.63) is 18.1 Å². The Morgan fingerprint density at radius 2 is 2.47 bits per heavy atom. The molecule has 2 rings (SSSR count). The summed E-state index contributed by atoms with van der Waals surface area (Å²) in [5.74, 6) is -0.264. The van der Waals surface area contributed by atoms with Crippen LogP contribution in [-0.4, -0.2) is 30.5 Å². The average molecular weight is 210 g/mol. The summed E-state index contributed by atoms with van der Waals surface area (Å²) in [4.78, 5) is 16.8. The molecule has 1 aromatic heterocycles. The third kappa shape index (κ3) is 1.63. The van der Waals surface area contributed by atoms with E-state index in [1.165, 1.54) is 11.0 Å². The molecule has 0 radical (unpaired) electrons. The van der Waals surface area contributed by atoms with Gasteiger partial charge in [0.2, 0.25) is 5.91 Å². The fourth-order valence-corrected chi connectivity index (χ4v) is 1.48. The molecule has 1 atom stereocenters.